The van der Waals surface area contributed by atoms with Crippen molar-refractivity contribution in [2.24, 2.45) is 5.92 Å². The van der Waals surface area contributed by atoms with E-state index in [-0.39, 0.29) is 37.8 Å². The Hall–Kier alpha value is -1.43. The van der Waals surface area contributed by atoms with Gasteiger partial charge in [-0.15, -0.1) is 0 Å². The van der Waals surface area contributed by atoms with Gasteiger partial charge in [-0.2, -0.15) is 0 Å². The lowest BCUT2D eigenvalue weighted by Crippen LogP contribution is -2.30. The fraction of sp³-hybridized carbons (Fsp3) is 0.412. The molecule has 4 nitrogen and oxygen atoms in total. The Kier molecular flexibility index (Phi) is 5.94. The summed E-state index contributed by atoms with van der Waals surface area (Å²) in [5.74, 6) is -0.641. The van der Waals surface area contributed by atoms with Gasteiger partial charge >= 0.3 is 0 Å². The van der Waals surface area contributed by atoms with Crippen LogP contribution in [-0.4, -0.2) is 36.5 Å². The number of carbonyl (C=O) groups is 2. The molecule has 1 aromatic carbocycles. The van der Waals surface area contributed by atoms with E-state index in [0.717, 1.165) is 15.4 Å². The number of hydrogen-bond acceptors (Lipinski definition) is 5. The highest BCUT2D eigenvalue weighted by atomic mass is 32.2. The highest BCUT2D eigenvalue weighted by Gasteiger charge is 2.33. The van der Waals surface area contributed by atoms with Crippen LogP contribution in [0.1, 0.15) is 18.9 Å². The molecule has 0 saturated carbocycles. The smallest absolute Gasteiger partial charge is 0.166 e. The van der Waals surface area contributed by atoms with Gasteiger partial charge in [-0.1, -0.05) is 30.0 Å². The van der Waals surface area contributed by atoms with E-state index < -0.39 is 5.92 Å². The normalized spacial score (nSPS) is 19.0. The van der Waals surface area contributed by atoms with E-state index in [1.807, 2.05) is 31.2 Å². The molecule has 0 bridgehead atoms. The molecule has 0 fully saturated rings. The summed E-state index contributed by atoms with van der Waals surface area (Å²) in [5, 5.41) is 8.81. The quantitative estimate of drug-likeness (QED) is 0.644. The fourth-order valence-corrected chi connectivity index (χ4v) is 3.55. The van der Waals surface area contributed by atoms with Crippen molar-refractivity contribution in [3.05, 3.63) is 40.3 Å². The van der Waals surface area contributed by atoms with Crippen molar-refractivity contribution in [3.8, 4) is 0 Å². The number of rotatable bonds is 6. The van der Waals surface area contributed by atoms with Gasteiger partial charge in [-0.3, -0.25) is 9.59 Å². The number of ketones is 2. The maximum Gasteiger partial charge on any atom is 0.166 e. The summed E-state index contributed by atoms with van der Waals surface area (Å²) in [6.07, 6.45) is -0.0587. The summed E-state index contributed by atoms with van der Waals surface area (Å²) in [6.45, 7) is 4.09. The molecule has 22 heavy (non-hydrogen) atoms. The van der Waals surface area contributed by atoms with Crippen molar-refractivity contribution in [1.29, 1.82) is 0 Å². The van der Waals surface area contributed by atoms with Crippen molar-refractivity contribution in [3.63, 3.8) is 0 Å². The zero-order valence-electron chi connectivity index (χ0n) is 12.8. The number of aliphatic hydroxyl groups excluding tert-OH is 1. The molecular formula is C17H20O4S. The predicted octanol–water partition coefficient (Wildman–Crippen LogP) is 2.53. The van der Waals surface area contributed by atoms with Crippen LogP contribution in [0.2, 0.25) is 0 Å². The Labute approximate surface area is 134 Å². The van der Waals surface area contributed by atoms with Gasteiger partial charge in [0.2, 0.25) is 0 Å². The van der Waals surface area contributed by atoms with E-state index in [4.69, 9.17) is 9.84 Å². The molecule has 118 valence electrons. The number of benzene rings is 1. The van der Waals surface area contributed by atoms with Crippen LogP contribution in [0.15, 0.2) is 39.6 Å². The second-order valence-corrected chi connectivity index (χ2v) is 6.36. The molecular weight excluding hydrogens is 300 g/mol. The van der Waals surface area contributed by atoms with Crippen LogP contribution in [0.25, 0.3) is 0 Å². The number of ether oxygens (including phenoxy) is 1. The third kappa shape index (κ3) is 3.85. The van der Waals surface area contributed by atoms with Crippen LogP contribution in [0.5, 0.6) is 0 Å². The molecule has 0 saturated heterocycles. The Morgan fingerprint density at radius 3 is 2.68 bits per heavy atom. The van der Waals surface area contributed by atoms with Gasteiger partial charge in [0.15, 0.2) is 11.6 Å². The zero-order chi connectivity index (χ0) is 16.1. The fourth-order valence-electron chi connectivity index (χ4n) is 2.33. The topological polar surface area (TPSA) is 63.6 Å². The van der Waals surface area contributed by atoms with Crippen LogP contribution < -0.4 is 0 Å². The number of Topliss-reactive ketones (excluding diaryl/α,β-unsaturated/α-hetero) is 2. The molecule has 0 radical (unpaired) electrons. The number of thioether (sulfide) groups is 1. The van der Waals surface area contributed by atoms with E-state index in [1.165, 1.54) is 11.8 Å². The van der Waals surface area contributed by atoms with Crippen LogP contribution in [-0.2, 0) is 14.3 Å². The predicted molar refractivity (Wildman–Crippen MR) is 85.8 cm³/mol. The van der Waals surface area contributed by atoms with E-state index in [2.05, 4.69) is 0 Å². The first-order valence-corrected chi connectivity index (χ1v) is 8.05. The van der Waals surface area contributed by atoms with Gasteiger partial charge in [0.25, 0.3) is 0 Å². The third-order valence-corrected chi connectivity index (χ3v) is 5.15. The lowest BCUT2D eigenvalue weighted by Gasteiger charge is -2.25. The Bertz CT molecular complexity index is 606. The lowest BCUT2D eigenvalue weighted by atomic mass is 9.89. The minimum Gasteiger partial charge on any atom is -0.394 e. The van der Waals surface area contributed by atoms with E-state index >= 15 is 0 Å². The summed E-state index contributed by atoms with van der Waals surface area (Å²) in [4.78, 5) is 26.0. The summed E-state index contributed by atoms with van der Waals surface area (Å²) in [6, 6.07) is 7.88. The highest BCUT2D eigenvalue weighted by molar-refractivity contribution is 8.03. The molecule has 0 spiro atoms. The molecule has 1 aromatic rings. The Morgan fingerprint density at radius 2 is 2.00 bits per heavy atom. The van der Waals surface area contributed by atoms with Gasteiger partial charge in [-0.25, -0.2) is 0 Å². The van der Waals surface area contributed by atoms with Crippen LogP contribution in [0.4, 0.5) is 0 Å². The van der Waals surface area contributed by atoms with Gasteiger partial charge in [0, 0.05) is 15.4 Å². The first kappa shape index (κ1) is 16.9. The molecule has 2 rings (SSSR count). The van der Waals surface area contributed by atoms with Gasteiger partial charge in [0.05, 0.1) is 32.2 Å². The number of carbonyl (C=O) groups excluding carboxylic acids is 2. The molecule has 0 aliphatic heterocycles. The third-order valence-electron chi connectivity index (χ3n) is 3.66. The number of aryl methyl sites for hydroxylation is 1. The second kappa shape index (κ2) is 7.72. The van der Waals surface area contributed by atoms with Crippen molar-refractivity contribution < 1.29 is 19.4 Å². The molecule has 0 aromatic heterocycles. The van der Waals surface area contributed by atoms with Gasteiger partial charge in [-0.05, 0) is 25.5 Å². The number of aliphatic hydroxyl groups is 1. The van der Waals surface area contributed by atoms with E-state index in [9.17, 15) is 9.59 Å². The molecule has 1 aliphatic carbocycles. The average Bonchev–Trinajstić information content (AvgIpc) is 2.49. The van der Waals surface area contributed by atoms with E-state index in [1.54, 1.807) is 6.92 Å². The molecule has 1 atom stereocenters. The Balaban J connectivity index is 2.28. The van der Waals surface area contributed by atoms with Crippen molar-refractivity contribution in [2.75, 3.05) is 19.8 Å². The van der Waals surface area contributed by atoms with Crippen LogP contribution in [0.3, 0.4) is 0 Å². The first-order valence-electron chi connectivity index (χ1n) is 7.23. The minimum absolute atomic E-state index is 0.0587. The standard InChI is InChI=1S/C17H20O4S/c1-11-5-3-4-6-16(11)22-17-12(2)14(19)9-15(20)13(17)10-21-8-7-18/h3-6,13,18H,7-10H2,1-2H3. The molecule has 1 aliphatic rings. The van der Waals surface area contributed by atoms with E-state index in [0.29, 0.717) is 5.57 Å². The first-order chi connectivity index (χ1) is 10.5. The van der Waals surface area contributed by atoms with Crippen molar-refractivity contribution in [1.82, 2.24) is 0 Å². The monoisotopic (exact) mass is 320 g/mol. The Morgan fingerprint density at radius 1 is 1.27 bits per heavy atom. The molecule has 1 unspecified atom stereocenters. The van der Waals surface area contributed by atoms with Gasteiger partial charge < -0.3 is 9.84 Å². The maximum atomic E-state index is 12.2. The number of allylic oxidation sites excluding steroid dienone is 1. The molecule has 5 heteroatoms. The lowest BCUT2D eigenvalue weighted by molar-refractivity contribution is -0.129. The zero-order valence-corrected chi connectivity index (χ0v) is 13.6. The highest BCUT2D eigenvalue weighted by Crippen LogP contribution is 2.39. The SMILES string of the molecule is CC1=C(Sc2ccccc2C)C(COCCO)C(=O)CC1=O. The largest absolute Gasteiger partial charge is 0.394 e. The summed E-state index contributed by atoms with van der Waals surface area (Å²) < 4.78 is 5.34. The molecule has 0 heterocycles. The second-order valence-electron chi connectivity index (χ2n) is 5.27. The van der Waals surface area contributed by atoms with Gasteiger partial charge in [0.1, 0.15) is 0 Å². The minimum atomic E-state index is -0.422. The van der Waals surface area contributed by atoms with Crippen molar-refractivity contribution >= 4 is 23.3 Å². The van der Waals surface area contributed by atoms with Crippen molar-refractivity contribution in [2.45, 2.75) is 25.2 Å². The summed E-state index contributed by atoms with van der Waals surface area (Å²) in [7, 11) is 0. The molecule has 1 N–H and O–H groups in total. The summed E-state index contributed by atoms with van der Waals surface area (Å²) in [5.41, 5.74) is 1.75. The molecule has 0 amide bonds. The maximum absolute atomic E-state index is 12.2. The summed E-state index contributed by atoms with van der Waals surface area (Å²) >= 11 is 1.47. The van der Waals surface area contributed by atoms with Crippen LogP contribution in [0, 0.1) is 12.8 Å². The number of hydrogen-bond donors (Lipinski definition) is 1. The average molecular weight is 320 g/mol. The van der Waals surface area contributed by atoms with Crippen LogP contribution >= 0.6 is 11.8 Å².